The molecule has 0 bridgehead atoms. The van der Waals surface area contributed by atoms with Gasteiger partial charge in [-0.15, -0.1) is 0 Å². The summed E-state index contributed by atoms with van der Waals surface area (Å²) in [4.78, 5) is 25.6. The standard InChI is InChI=1S/C18H20ClN5OS/c1-22-11-20-10-14(22)17(25)23(2)12-6-8-24(9-7-12)18-21-16-13(19)4-3-5-15(16)26-18/h3-5,10-12H,6-9H2,1-2H3. The highest BCUT2D eigenvalue weighted by molar-refractivity contribution is 7.22. The molecule has 1 saturated heterocycles. The van der Waals surface area contributed by atoms with E-state index in [0.29, 0.717) is 10.7 Å². The van der Waals surface area contributed by atoms with Gasteiger partial charge in [-0.25, -0.2) is 9.97 Å². The van der Waals surface area contributed by atoms with Gasteiger partial charge in [-0.05, 0) is 25.0 Å². The van der Waals surface area contributed by atoms with Crippen LogP contribution in [0.5, 0.6) is 0 Å². The molecule has 1 aromatic carbocycles. The molecule has 0 radical (unpaired) electrons. The first-order valence-corrected chi connectivity index (χ1v) is 9.77. The zero-order valence-corrected chi connectivity index (χ0v) is 16.3. The topological polar surface area (TPSA) is 54.3 Å². The van der Waals surface area contributed by atoms with Gasteiger partial charge in [0.2, 0.25) is 0 Å². The van der Waals surface area contributed by atoms with Crippen LogP contribution < -0.4 is 4.90 Å². The number of carbonyl (C=O) groups is 1. The van der Waals surface area contributed by atoms with Crippen molar-refractivity contribution < 1.29 is 4.79 Å². The highest BCUT2D eigenvalue weighted by Crippen LogP contribution is 2.34. The predicted molar refractivity (Wildman–Crippen MR) is 105 cm³/mol. The Hall–Kier alpha value is -2.12. The average molecular weight is 390 g/mol. The van der Waals surface area contributed by atoms with Crippen molar-refractivity contribution in [3.8, 4) is 0 Å². The number of aryl methyl sites for hydroxylation is 1. The summed E-state index contributed by atoms with van der Waals surface area (Å²) in [7, 11) is 3.72. The fraction of sp³-hybridized carbons (Fsp3) is 0.389. The first-order valence-electron chi connectivity index (χ1n) is 8.58. The van der Waals surface area contributed by atoms with Gasteiger partial charge in [0.05, 0.1) is 22.2 Å². The van der Waals surface area contributed by atoms with E-state index in [9.17, 15) is 4.79 Å². The lowest BCUT2D eigenvalue weighted by molar-refractivity contribution is 0.0699. The summed E-state index contributed by atoms with van der Waals surface area (Å²) in [5, 5.41) is 1.70. The number of benzene rings is 1. The molecular weight excluding hydrogens is 370 g/mol. The molecule has 26 heavy (non-hydrogen) atoms. The lowest BCUT2D eigenvalue weighted by Crippen LogP contribution is -2.46. The molecule has 0 spiro atoms. The number of imidazole rings is 1. The second kappa shape index (κ2) is 6.89. The Kier molecular flexibility index (Phi) is 4.58. The van der Waals surface area contributed by atoms with Crippen molar-refractivity contribution in [1.82, 2.24) is 19.4 Å². The van der Waals surface area contributed by atoms with Crippen molar-refractivity contribution in [3.63, 3.8) is 0 Å². The average Bonchev–Trinajstić information content (AvgIpc) is 3.28. The molecule has 0 aliphatic carbocycles. The van der Waals surface area contributed by atoms with Gasteiger partial charge < -0.3 is 14.4 Å². The van der Waals surface area contributed by atoms with E-state index in [1.54, 1.807) is 28.4 Å². The third kappa shape index (κ3) is 3.05. The molecular formula is C18H20ClN5OS. The minimum atomic E-state index is 0.0234. The van der Waals surface area contributed by atoms with Crippen molar-refractivity contribution >= 4 is 44.2 Å². The number of thiazole rings is 1. The molecule has 0 saturated carbocycles. The van der Waals surface area contributed by atoms with E-state index in [-0.39, 0.29) is 11.9 Å². The Morgan fingerprint density at radius 3 is 2.77 bits per heavy atom. The number of rotatable bonds is 3. The molecule has 3 heterocycles. The fourth-order valence-electron chi connectivity index (χ4n) is 3.39. The zero-order valence-electron chi connectivity index (χ0n) is 14.7. The first kappa shape index (κ1) is 17.3. The van der Waals surface area contributed by atoms with Gasteiger partial charge in [-0.1, -0.05) is 29.0 Å². The predicted octanol–water partition coefficient (Wildman–Crippen LogP) is 3.42. The zero-order chi connectivity index (χ0) is 18.3. The number of carbonyl (C=O) groups excluding carboxylic acids is 1. The third-order valence-corrected chi connectivity index (χ3v) is 6.38. The maximum atomic E-state index is 12.7. The molecule has 1 aliphatic rings. The van der Waals surface area contributed by atoms with Gasteiger partial charge in [0.15, 0.2) is 5.13 Å². The number of piperidine rings is 1. The number of nitrogens with zero attached hydrogens (tertiary/aromatic N) is 5. The number of fused-ring (bicyclic) bond motifs is 1. The van der Waals surface area contributed by atoms with Gasteiger partial charge in [-0.2, -0.15) is 0 Å². The summed E-state index contributed by atoms with van der Waals surface area (Å²) in [6.07, 6.45) is 5.12. The quantitative estimate of drug-likeness (QED) is 0.688. The number of para-hydroxylation sites is 1. The summed E-state index contributed by atoms with van der Waals surface area (Å²) in [6, 6.07) is 6.11. The molecule has 136 valence electrons. The van der Waals surface area contributed by atoms with E-state index in [2.05, 4.69) is 16.0 Å². The van der Waals surface area contributed by atoms with Crippen LogP contribution in [0.25, 0.3) is 10.2 Å². The summed E-state index contributed by atoms with van der Waals surface area (Å²) >= 11 is 7.92. The van der Waals surface area contributed by atoms with Crippen molar-refractivity contribution in [3.05, 3.63) is 41.4 Å². The monoisotopic (exact) mass is 389 g/mol. The summed E-state index contributed by atoms with van der Waals surface area (Å²) in [6.45, 7) is 1.76. The van der Waals surface area contributed by atoms with Crippen LogP contribution >= 0.6 is 22.9 Å². The van der Waals surface area contributed by atoms with E-state index < -0.39 is 0 Å². The van der Waals surface area contributed by atoms with Gasteiger partial charge in [0, 0.05) is 33.2 Å². The molecule has 0 unspecified atom stereocenters. The normalized spacial score (nSPS) is 15.6. The van der Waals surface area contributed by atoms with Gasteiger partial charge in [-0.3, -0.25) is 4.79 Å². The van der Waals surface area contributed by atoms with Gasteiger partial charge in [0.25, 0.3) is 5.91 Å². The molecule has 6 nitrogen and oxygen atoms in total. The number of amides is 1. The third-order valence-electron chi connectivity index (χ3n) is 5.00. The number of halogens is 1. The lowest BCUT2D eigenvalue weighted by atomic mass is 10.0. The Morgan fingerprint density at radius 2 is 2.12 bits per heavy atom. The van der Waals surface area contributed by atoms with Crippen LogP contribution in [0.1, 0.15) is 23.3 Å². The number of hydrogen-bond acceptors (Lipinski definition) is 5. The Bertz CT molecular complexity index is 944. The Labute approximate surface area is 161 Å². The van der Waals surface area contributed by atoms with Crippen molar-refractivity contribution in [2.24, 2.45) is 7.05 Å². The largest absolute Gasteiger partial charge is 0.348 e. The molecule has 1 aliphatic heterocycles. The van der Waals surface area contributed by atoms with E-state index >= 15 is 0 Å². The molecule has 1 fully saturated rings. The van der Waals surface area contributed by atoms with Gasteiger partial charge in [0.1, 0.15) is 11.2 Å². The van der Waals surface area contributed by atoms with Crippen molar-refractivity contribution in [1.29, 1.82) is 0 Å². The minimum absolute atomic E-state index is 0.0234. The Balaban J connectivity index is 1.44. The molecule has 0 N–H and O–H groups in total. The van der Waals surface area contributed by atoms with Crippen LogP contribution in [0.4, 0.5) is 5.13 Å². The summed E-state index contributed by atoms with van der Waals surface area (Å²) in [5.41, 5.74) is 1.50. The van der Waals surface area contributed by atoms with Crippen LogP contribution in [0.2, 0.25) is 5.02 Å². The van der Waals surface area contributed by atoms with Crippen LogP contribution in [-0.4, -0.2) is 51.5 Å². The fourth-order valence-corrected chi connectivity index (χ4v) is 4.71. The van der Waals surface area contributed by atoms with Crippen LogP contribution in [0.3, 0.4) is 0 Å². The van der Waals surface area contributed by atoms with Crippen molar-refractivity contribution in [2.45, 2.75) is 18.9 Å². The van der Waals surface area contributed by atoms with Crippen molar-refractivity contribution in [2.75, 3.05) is 25.0 Å². The van der Waals surface area contributed by atoms with E-state index in [1.807, 2.05) is 31.1 Å². The van der Waals surface area contributed by atoms with E-state index in [4.69, 9.17) is 16.6 Å². The molecule has 4 rings (SSSR count). The smallest absolute Gasteiger partial charge is 0.272 e. The highest BCUT2D eigenvalue weighted by atomic mass is 35.5. The molecule has 3 aromatic rings. The molecule has 2 aromatic heterocycles. The Morgan fingerprint density at radius 1 is 1.35 bits per heavy atom. The number of anilines is 1. The maximum absolute atomic E-state index is 12.7. The number of hydrogen-bond donors (Lipinski definition) is 0. The number of aromatic nitrogens is 3. The minimum Gasteiger partial charge on any atom is -0.348 e. The molecule has 8 heteroatoms. The van der Waals surface area contributed by atoms with Gasteiger partial charge >= 0.3 is 0 Å². The second-order valence-corrected chi connectivity index (χ2v) is 8.02. The van der Waals surface area contributed by atoms with Crippen LogP contribution in [0, 0.1) is 0 Å². The molecule has 1 amide bonds. The second-order valence-electron chi connectivity index (χ2n) is 6.61. The molecule has 0 atom stereocenters. The summed E-state index contributed by atoms with van der Waals surface area (Å²) in [5.74, 6) is 0.0234. The van der Waals surface area contributed by atoms with Crippen LogP contribution in [-0.2, 0) is 7.05 Å². The SMILES string of the molecule is CN(C(=O)c1cncn1C)C1CCN(c2nc3c(Cl)cccc3s2)CC1. The maximum Gasteiger partial charge on any atom is 0.272 e. The summed E-state index contributed by atoms with van der Waals surface area (Å²) < 4.78 is 2.87. The highest BCUT2D eigenvalue weighted by Gasteiger charge is 2.28. The van der Waals surface area contributed by atoms with E-state index in [1.165, 1.54) is 0 Å². The van der Waals surface area contributed by atoms with E-state index in [0.717, 1.165) is 41.3 Å². The van der Waals surface area contributed by atoms with Crippen LogP contribution in [0.15, 0.2) is 30.7 Å². The first-order chi connectivity index (χ1) is 12.5. The lowest BCUT2D eigenvalue weighted by Gasteiger charge is -2.36.